The van der Waals surface area contributed by atoms with Gasteiger partial charge in [0.05, 0.1) is 12.8 Å². The van der Waals surface area contributed by atoms with Crippen LogP contribution in [0.1, 0.15) is 6.92 Å². The molecule has 0 aliphatic rings. The zero-order valence-corrected chi connectivity index (χ0v) is 11.7. The van der Waals surface area contributed by atoms with Crippen LogP contribution in [0, 0.1) is 5.82 Å². The lowest BCUT2D eigenvalue weighted by atomic mass is 10.2. The fourth-order valence-corrected chi connectivity index (χ4v) is 1.45. The maximum absolute atomic E-state index is 13.5. The van der Waals surface area contributed by atoms with Crippen molar-refractivity contribution in [1.82, 2.24) is 0 Å². The molecule has 20 heavy (non-hydrogen) atoms. The van der Waals surface area contributed by atoms with Crippen molar-refractivity contribution < 1.29 is 23.5 Å². The highest BCUT2D eigenvalue weighted by molar-refractivity contribution is 6.30. The number of amides is 1. The molecular weight excluding hydrogens is 289 g/mol. The summed E-state index contributed by atoms with van der Waals surface area (Å²) in [6.07, 6.45) is -2.26. The molecule has 0 heterocycles. The summed E-state index contributed by atoms with van der Waals surface area (Å²) in [5.74, 6) is -1.50. The number of nitrogens with one attached hydrogen (secondary N) is 1. The Bertz CT molecular complexity index is 547. The number of carbonyl (C=O) groups is 2. The number of benzene rings is 1. The minimum absolute atomic E-state index is 0.121. The molecule has 5 nitrogen and oxygen atoms in total. The molecule has 0 bridgehead atoms. The Balaban J connectivity index is 2.75. The second-order valence-corrected chi connectivity index (χ2v) is 4.34. The van der Waals surface area contributed by atoms with Crippen LogP contribution in [0.5, 0.6) is 0 Å². The van der Waals surface area contributed by atoms with Gasteiger partial charge in [-0.05, 0) is 30.7 Å². The standard InChI is InChI=1S/C13H13ClFNO4/c1-7(2)11(12(17)19-3)20-13(18)16-10-5-4-8(14)6-9(10)15/h4-6,11H,1H2,2-3H3,(H,16,18). The van der Waals surface area contributed by atoms with Crippen molar-refractivity contribution >= 4 is 29.4 Å². The Kier molecular flexibility index (Phi) is 5.52. The third-order valence-corrected chi connectivity index (χ3v) is 2.49. The minimum atomic E-state index is -1.25. The number of esters is 1. The first-order chi connectivity index (χ1) is 9.35. The van der Waals surface area contributed by atoms with Crippen molar-refractivity contribution in [2.75, 3.05) is 12.4 Å². The molecule has 0 aromatic heterocycles. The summed E-state index contributed by atoms with van der Waals surface area (Å²) in [6.45, 7) is 5.01. The molecule has 7 heteroatoms. The number of carbonyl (C=O) groups excluding carboxylic acids is 2. The van der Waals surface area contributed by atoms with Gasteiger partial charge < -0.3 is 9.47 Å². The number of hydrogen-bond donors (Lipinski definition) is 1. The number of ether oxygens (including phenoxy) is 2. The lowest BCUT2D eigenvalue weighted by Gasteiger charge is -2.16. The van der Waals surface area contributed by atoms with Crippen LogP contribution in [0.15, 0.2) is 30.4 Å². The van der Waals surface area contributed by atoms with Crippen molar-refractivity contribution in [3.8, 4) is 0 Å². The van der Waals surface area contributed by atoms with Crippen molar-refractivity contribution in [1.29, 1.82) is 0 Å². The van der Waals surface area contributed by atoms with E-state index in [1.165, 1.54) is 19.1 Å². The molecule has 0 radical (unpaired) electrons. The van der Waals surface area contributed by atoms with Gasteiger partial charge in [0.15, 0.2) is 0 Å². The average molecular weight is 302 g/mol. The predicted molar refractivity (Wildman–Crippen MR) is 72.1 cm³/mol. The number of halogens is 2. The van der Waals surface area contributed by atoms with Gasteiger partial charge in [-0.1, -0.05) is 18.2 Å². The molecule has 1 unspecified atom stereocenters. The second-order valence-electron chi connectivity index (χ2n) is 3.90. The first kappa shape index (κ1) is 16.0. The van der Waals surface area contributed by atoms with E-state index in [1.54, 1.807) is 0 Å². The van der Waals surface area contributed by atoms with Gasteiger partial charge in [0, 0.05) is 5.02 Å². The van der Waals surface area contributed by atoms with Crippen molar-refractivity contribution in [2.45, 2.75) is 13.0 Å². The summed E-state index contributed by atoms with van der Waals surface area (Å²) in [7, 11) is 1.15. The maximum Gasteiger partial charge on any atom is 0.412 e. The lowest BCUT2D eigenvalue weighted by molar-refractivity contribution is -0.148. The third kappa shape index (κ3) is 4.24. The van der Waals surface area contributed by atoms with Crippen LogP contribution in [-0.2, 0) is 14.3 Å². The topological polar surface area (TPSA) is 64.6 Å². The molecule has 1 aromatic rings. The molecule has 1 amide bonds. The summed E-state index contributed by atoms with van der Waals surface area (Å²) < 4.78 is 22.8. The highest BCUT2D eigenvalue weighted by atomic mass is 35.5. The van der Waals surface area contributed by atoms with Crippen LogP contribution in [0.25, 0.3) is 0 Å². The van der Waals surface area contributed by atoms with Crippen molar-refractivity contribution in [3.05, 3.63) is 41.2 Å². The molecule has 108 valence electrons. The minimum Gasteiger partial charge on any atom is -0.466 e. The van der Waals surface area contributed by atoms with Crippen LogP contribution < -0.4 is 5.32 Å². The van der Waals surface area contributed by atoms with E-state index in [-0.39, 0.29) is 16.3 Å². The van der Waals surface area contributed by atoms with E-state index in [2.05, 4.69) is 16.6 Å². The van der Waals surface area contributed by atoms with Crippen molar-refractivity contribution in [3.63, 3.8) is 0 Å². The van der Waals surface area contributed by atoms with E-state index in [4.69, 9.17) is 16.3 Å². The lowest BCUT2D eigenvalue weighted by Crippen LogP contribution is -2.31. The predicted octanol–water partition coefficient (Wildman–Crippen LogP) is 3.15. The molecule has 1 N–H and O–H groups in total. The molecule has 0 aliphatic heterocycles. The summed E-state index contributed by atoms with van der Waals surface area (Å²) in [6, 6.07) is 3.71. The largest absolute Gasteiger partial charge is 0.466 e. The summed E-state index contributed by atoms with van der Waals surface area (Å²) in [5.41, 5.74) is 0.160. The van der Waals surface area contributed by atoms with Gasteiger partial charge in [0.1, 0.15) is 5.82 Å². The van der Waals surface area contributed by atoms with Crippen molar-refractivity contribution in [2.24, 2.45) is 0 Å². The average Bonchev–Trinajstić information content (AvgIpc) is 2.38. The summed E-state index contributed by atoms with van der Waals surface area (Å²) >= 11 is 5.58. The molecule has 1 rings (SSSR count). The Morgan fingerprint density at radius 1 is 1.45 bits per heavy atom. The van der Waals surface area contributed by atoms with Gasteiger partial charge in [0.25, 0.3) is 0 Å². The van der Waals surface area contributed by atoms with Gasteiger partial charge >= 0.3 is 12.1 Å². The number of hydrogen-bond acceptors (Lipinski definition) is 4. The quantitative estimate of drug-likeness (QED) is 0.685. The zero-order valence-electron chi connectivity index (χ0n) is 10.9. The van der Waals surface area contributed by atoms with Crippen LogP contribution in [0.3, 0.4) is 0 Å². The SMILES string of the molecule is C=C(C)C(OC(=O)Nc1ccc(Cl)cc1F)C(=O)OC. The fraction of sp³-hybridized carbons (Fsp3) is 0.231. The number of anilines is 1. The van der Waals surface area contributed by atoms with E-state index in [0.717, 1.165) is 13.2 Å². The van der Waals surface area contributed by atoms with Crippen LogP contribution >= 0.6 is 11.6 Å². The van der Waals surface area contributed by atoms with Crippen LogP contribution in [-0.4, -0.2) is 25.3 Å². The Labute approximate surface area is 120 Å². The molecule has 0 saturated carbocycles. The van der Waals surface area contributed by atoms with E-state index in [9.17, 15) is 14.0 Å². The highest BCUT2D eigenvalue weighted by Gasteiger charge is 2.24. The monoisotopic (exact) mass is 301 g/mol. The molecular formula is C13H13ClFNO4. The molecule has 0 aliphatic carbocycles. The first-order valence-corrected chi connectivity index (χ1v) is 5.89. The molecule has 0 spiro atoms. The molecule has 0 saturated heterocycles. The summed E-state index contributed by atoms with van der Waals surface area (Å²) in [4.78, 5) is 23.0. The highest BCUT2D eigenvalue weighted by Crippen LogP contribution is 2.19. The van der Waals surface area contributed by atoms with Gasteiger partial charge in [-0.2, -0.15) is 0 Å². The van der Waals surface area contributed by atoms with Gasteiger partial charge in [-0.25, -0.2) is 14.0 Å². The van der Waals surface area contributed by atoms with E-state index in [0.29, 0.717) is 0 Å². The Hall–Kier alpha value is -2.08. The smallest absolute Gasteiger partial charge is 0.412 e. The molecule has 1 aromatic carbocycles. The third-order valence-electron chi connectivity index (χ3n) is 2.26. The Morgan fingerprint density at radius 2 is 2.10 bits per heavy atom. The maximum atomic E-state index is 13.5. The van der Waals surface area contributed by atoms with E-state index in [1.807, 2.05) is 0 Å². The van der Waals surface area contributed by atoms with Gasteiger partial charge in [0.2, 0.25) is 6.10 Å². The Morgan fingerprint density at radius 3 is 2.60 bits per heavy atom. The fourth-order valence-electron chi connectivity index (χ4n) is 1.29. The second kappa shape index (κ2) is 6.91. The van der Waals surface area contributed by atoms with E-state index >= 15 is 0 Å². The molecule has 1 atom stereocenters. The summed E-state index contributed by atoms with van der Waals surface area (Å²) in [5, 5.41) is 2.35. The van der Waals surface area contributed by atoms with Crippen LogP contribution in [0.4, 0.5) is 14.9 Å². The normalized spacial score (nSPS) is 11.4. The number of rotatable bonds is 4. The van der Waals surface area contributed by atoms with Gasteiger partial charge in [-0.15, -0.1) is 0 Å². The number of methoxy groups -OCH3 is 1. The van der Waals surface area contributed by atoms with E-state index < -0.39 is 24.0 Å². The molecule has 0 fully saturated rings. The van der Waals surface area contributed by atoms with Crippen LogP contribution in [0.2, 0.25) is 5.02 Å². The first-order valence-electron chi connectivity index (χ1n) is 5.51. The zero-order chi connectivity index (χ0) is 15.3. The van der Waals surface area contributed by atoms with Gasteiger partial charge in [-0.3, -0.25) is 5.32 Å².